The molecule has 2 heterocycles. The average molecular weight is 535 g/mol. The standard InChI is InChI=1S/C29H42O9/c1-16-25(33)22(31)12-24(37-16)38-18-3-8-27(15-30)20-4-7-26(2)19(17-11-23(32)36-14-17)6-10-29(26,35)21(20)5-9-28(27,34)13-18/h11,15-16,18-22,24-25,31,33-35H,3-10,12-14H2,1-2H3/t16-,18+,19+,20+,21-,22+,24+,25-,26-,27+,28+,29+/m0/s1. The Labute approximate surface area is 223 Å². The third-order valence-corrected chi connectivity index (χ3v) is 11.9. The number of ether oxygens (including phenoxy) is 3. The number of rotatable bonds is 4. The molecule has 4 saturated carbocycles. The lowest BCUT2D eigenvalue weighted by atomic mass is 9.41. The van der Waals surface area contributed by atoms with Crippen molar-refractivity contribution < 1.29 is 44.2 Å². The Balaban J connectivity index is 1.22. The van der Waals surface area contributed by atoms with Crippen molar-refractivity contribution in [2.75, 3.05) is 6.61 Å². The summed E-state index contributed by atoms with van der Waals surface area (Å²) in [5.74, 6) is -0.473. The molecule has 5 fully saturated rings. The number of hydrogen-bond acceptors (Lipinski definition) is 9. The first-order valence-electron chi connectivity index (χ1n) is 14.4. The Morgan fingerprint density at radius 3 is 2.50 bits per heavy atom. The summed E-state index contributed by atoms with van der Waals surface area (Å²) in [6.45, 7) is 4.13. The highest BCUT2D eigenvalue weighted by Gasteiger charge is 2.71. The van der Waals surface area contributed by atoms with E-state index < -0.39 is 46.6 Å². The second-order valence-electron chi connectivity index (χ2n) is 13.3. The molecule has 0 unspecified atom stereocenters. The van der Waals surface area contributed by atoms with Gasteiger partial charge >= 0.3 is 5.97 Å². The Morgan fingerprint density at radius 1 is 1.05 bits per heavy atom. The highest BCUT2D eigenvalue weighted by atomic mass is 16.7. The molecule has 0 bridgehead atoms. The van der Waals surface area contributed by atoms with E-state index in [-0.39, 0.29) is 36.2 Å². The summed E-state index contributed by atoms with van der Waals surface area (Å²) in [6.07, 6.45) is 4.50. The molecule has 0 spiro atoms. The molecule has 0 aromatic rings. The molecular formula is C29H42O9. The highest BCUT2D eigenvalue weighted by Crippen LogP contribution is 2.70. The zero-order valence-electron chi connectivity index (χ0n) is 22.4. The number of cyclic esters (lactones) is 1. The third kappa shape index (κ3) is 3.65. The summed E-state index contributed by atoms with van der Waals surface area (Å²) >= 11 is 0. The van der Waals surface area contributed by atoms with E-state index in [4.69, 9.17) is 14.2 Å². The molecule has 0 radical (unpaired) electrons. The maximum atomic E-state index is 12.9. The van der Waals surface area contributed by atoms with Gasteiger partial charge in [0.05, 0.1) is 34.9 Å². The van der Waals surface area contributed by atoms with Crippen molar-refractivity contribution in [1.82, 2.24) is 0 Å². The van der Waals surface area contributed by atoms with Crippen LogP contribution in [0.3, 0.4) is 0 Å². The molecule has 6 rings (SSSR count). The Kier molecular flexibility index (Phi) is 6.41. The second-order valence-corrected chi connectivity index (χ2v) is 13.3. The molecular weight excluding hydrogens is 492 g/mol. The molecule has 0 amide bonds. The van der Waals surface area contributed by atoms with E-state index in [0.717, 1.165) is 31.1 Å². The van der Waals surface area contributed by atoms with Crippen molar-refractivity contribution in [1.29, 1.82) is 0 Å². The van der Waals surface area contributed by atoms with Gasteiger partial charge in [0.25, 0.3) is 0 Å². The van der Waals surface area contributed by atoms with Crippen LogP contribution in [0.4, 0.5) is 0 Å². The smallest absolute Gasteiger partial charge is 0.331 e. The first-order valence-corrected chi connectivity index (χ1v) is 14.4. The molecule has 12 atom stereocenters. The summed E-state index contributed by atoms with van der Waals surface area (Å²) < 4.78 is 17.1. The molecule has 6 aliphatic rings. The molecule has 0 aromatic carbocycles. The number of carbonyl (C=O) groups excluding carboxylic acids is 2. The lowest BCUT2D eigenvalue weighted by Gasteiger charge is -2.65. The summed E-state index contributed by atoms with van der Waals surface area (Å²) in [5, 5.41) is 44.6. The molecule has 1 saturated heterocycles. The number of esters is 1. The number of aliphatic hydroxyl groups is 4. The van der Waals surface area contributed by atoms with Crippen molar-refractivity contribution in [3.63, 3.8) is 0 Å². The van der Waals surface area contributed by atoms with Crippen molar-refractivity contribution in [2.45, 2.75) is 120 Å². The molecule has 212 valence electrons. The van der Waals surface area contributed by atoms with Gasteiger partial charge in [-0.25, -0.2) is 4.79 Å². The van der Waals surface area contributed by atoms with Crippen LogP contribution in [0.1, 0.15) is 78.1 Å². The maximum absolute atomic E-state index is 12.9. The van der Waals surface area contributed by atoms with E-state index in [1.54, 1.807) is 13.0 Å². The zero-order chi connectivity index (χ0) is 27.1. The Bertz CT molecular complexity index is 1000. The fourth-order valence-electron chi connectivity index (χ4n) is 9.76. The third-order valence-electron chi connectivity index (χ3n) is 11.9. The van der Waals surface area contributed by atoms with Crippen LogP contribution < -0.4 is 0 Å². The number of aldehydes is 1. The zero-order valence-corrected chi connectivity index (χ0v) is 22.4. The molecule has 9 nitrogen and oxygen atoms in total. The topological polar surface area (TPSA) is 143 Å². The van der Waals surface area contributed by atoms with Crippen molar-refractivity contribution in [2.24, 2.45) is 28.6 Å². The average Bonchev–Trinajstić information content (AvgIpc) is 3.41. The predicted octanol–water partition coefficient (Wildman–Crippen LogP) is 1.78. The van der Waals surface area contributed by atoms with Crippen LogP contribution in [0.25, 0.3) is 0 Å². The quantitative estimate of drug-likeness (QED) is 0.241. The number of carbonyl (C=O) groups is 2. The van der Waals surface area contributed by atoms with Gasteiger partial charge in [-0.3, -0.25) is 0 Å². The minimum Gasteiger partial charge on any atom is -0.458 e. The molecule has 38 heavy (non-hydrogen) atoms. The van der Waals surface area contributed by atoms with Gasteiger partial charge in [0.1, 0.15) is 19.0 Å². The fourth-order valence-corrected chi connectivity index (χ4v) is 9.76. The SMILES string of the molecule is C[C@@H]1O[C@H](O[C@@H]2CC[C@@]3(C=O)[C@@H]4CC[C@@]5(C)[C@@H](C6=CC(=O)OC6)CC[C@@]5(O)[C@H]4CC[C@@]3(O)C2)C[C@@H](O)[C@H]1O. The van der Waals surface area contributed by atoms with E-state index >= 15 is 0 Å². The van der Waals surface area contributed by atoms with E-state index in [0.29, 0.717) is 45.1 Å². The lowest BCUT2D eigenvalue weighted by Crippen LogP contribution is -2.69. The van der Waals surface area contributed by atoms with Crippen LogP contribution in [0.2, 0.25) is 0 Å². The van der Waals surface area contributed by atoms with Crippen LogP contribution in [0, 0.1) is 28.6 Å². The highest BCUT2D eigenvalue weighted by molar-refractivity contribution is 5.85. The van der Waals surface area contributed by atoms with E-state index in [2.05, 4.69) is 6.92 Å². The summed E-state index contributed by atoms with van der Waals surface area (Å²) in [6, 6.07) is 0. The monoisotopic (exact) mass is 534 g/mol. The van der Waals surface area contributed by atoms with Crippen molar-refractivity contribution in [3.8, 4) is 0 Å². The van der Waals surface area contributed by atoms with E-state index in [1.807, 2.05) is 0 Å². The molecule has 0 aromatic heterocycles. The van der Waals surface area contributed by atoms with Gasteiger partial charge in [-0.1, -0.05) is 6.92 Å². The summed E-state index contributed by atoms with van der Waals surface area (Å²) in [7, 11) is 0. The first kappa shape index (κ1) is 26.8. The first-order chi connectivity index (χ1) is 18.0. The normalized spacial score (nSPS) is 54.4. The predicted molar refractivity (Wildman–Crippen MR) is 133 cm³/mol. The minimum atomic E-state index is -1.24. The number of aliphatic hydroxyl groups excluding tert-OH is 2. The second kappa shape index (κ2) is 9.08. The maximum Gasteiger partial charge on any atom is 0.331 e. The van der Waals surface area contributed by atoms with Crippen LogP contribution in [-0.4, -0.2) is 81.2 Å². The summed E-state index contributed by atoms with van der Waals surface area (Å²) in [5.41, 5.74) is -2.60. The Morgan fingerprint density at radius 2 is 1.82 bits per heavy atom. The molecule has 4 aliphatic carbocycles. The Hall–Kier alpha value is -1.36. The van der Waals surface area contributed by atoms with Gasteiger partial charge in [0, 0.05) is 24.3 Å². The van der Waals surface area contributed by atoms with Gasteiger partial charge in [0.15, 0.2) is 6.29 Å². The van der Waals surface area contributed by atoms with Gasteiger partial charge in [-0.05, 0) is 81.6 Å². The fraction of sp³-hybridized carbons (Fsp3) is 0.862. The van der Waals surface area contributed by atoms with Gasteiger partial charge < -0.3 is 39.4 Å². The van der Waals surface area contributed by atoms with Crippen LogP contribution >= 0.6 is 0 Å². The van der Waals surface area contributed by atoms with Crippen molar-refractivity contribution >= 4 is 12.3 Å². The van der Waals surface area contributed by atoms with Gasteiger partial charge in [-0.15, -0.1) is 0 Å². The minimum absolute atomic E-state index is 0.0729. The summed E-state index contributed by atoms with van der Waals surface area (Å²) in [4.78, 5) is 24.7. The lowest BCUT2D eigenvalue weighted by molar-refractivity contribution is -0.286. The van der Waals surface area contributed by atoms with Gasteiger partial charge in [0.2, 0.25) is 0 Å². The van der Waals surface area contributed by atoms with Crippen molar-refractivity contribution in [3.05, 3.63) is 11.6 Å². The van der Waals surface area contributed by atoms with Crippen LogP contribution in [-0.2, 0) is 23.8 Å². The number of hydrogen-bond donors (Lipinski definition) is 4. The number of fused-ring (bicyclic) bond motifs is 5. The van der Waals surface area contributed by atoms with E-state index in [1.165, 1.54) is 0 Å². The van der Waals surface area contributed by atoms with E-state index in [9.17, 15) is 30.0 Å². The largest absolute Gasteiger partial charge is 0.458 e. The van der Waals surface area contributed by atoms with Crippen LogP contribution in [0.15, 0.2) is 11.6 Å². The molecule has 9 heteroatoms. The van der Waals surface area contributed by atoms with Crippen LogP contribution in [0.5, 0.6) is 0 Å². The van der Waals surface area contributed by atoms with Gasteiger partial charge in [-0.2, -0.15) is 0 Å². The molecule has 4 N–H and O–H groups in total. The molecule has 2 aliphatic heterocycles.